The normalized spacial score (nSPS) is 16.4. The highest BCUT2D eigenvalue weighted by atomic mass is 19.1. The number of benzene rings is 2. The largest absolute Gasteiger partial charge is 0.335 e. The third-order valence-corrected chi connectivity index (χ3v) is 4.10. The first kappa shape index (κ1) is 17.5. The molecule has 1 aliphatic rings. The molecule has 1 heterocycles. The number of rotatable bonds is 3. The van der Waals surface area contributed by atoms with Gasteiger partial charge in [0.15, 0.2) is 0 Å². The molecule has 0 bridgehead atoms. The van der Waals surface area contributed by atoms with Gasteiger partial charge in [-0.25, -0.2) is 14.1 Å². The fourth-order valence-corrected chi connectivity index (χ4v) is 2.63. The van der Waals surface area contributed by atoms with Crippen molar-refractivity contribution in [2.75, 3.05) is 4.90 Å². The number of halogens is 1. The van der Waals surface area contributed by atoms with Gasteiger partial charge >= 0.3 is 6.03 Å². The van der Waals surface area contributed by atoms with E-state index in [0.29, 0.717) is 17.2 Å². The second kappa shape index (κ2) is 6.92. The maximum absolute atomic E-state index is 13.0. The zero-order valence-corrected chi connectivity index (χ0v) is 14.3. The lowest BCUT2D eigenvalue weighted by atomic mass is 10.0. The van der Waals surface area contributed by atoms with Crippen LogP contribution in [0.5, 0.6) is 0 Å². The van der Waals surface area contributed by atoms with Gasteiger partial charge in [0.05, 0.1) is 5.69 Å². The molecule has 26 heavy (non-hydrogen) atoms. The van der Waals surface area contributed by atoms with E-state index >= 15 is 0 Å². The summed E-state index contributed by atoms with van der Waals surface area (Å²) in [6, 6.07) is 11.5. The average Bonchev–Trinajstić information content (AvgIpc) is 2.60. The molecule has 3 rings (SSSR count). The molecule has 0 atom stereocenters. The minimum Gasteiger partial charge on any atom is -0.273 e. The predicted molar refractivity (Wildman–Crippen MR) is 95.9 cm³/mol. The molecular weight excluding hydrogens is 335 g/mol. The Morgan fingerprint density at radius 2 is 1.58 bits per heavy atom. The second-order valence-electron chi connectivity index (χ2n) is 6.26. The van der Waals surface area contributed by atoms with E-state index in [1.807, 2.05) is 26.0 Å². The van der Waals surface area contributed by atoms with Crippen LogP contribution in [0.1, 0.15) is 30.9 Å². The molecule has 1 fully saturated rings. The van der Waals surface area contributed by atoms with E-state index in [-0.39, 0.29) is 5.57 Å². The van der Waals surface area contributed by atoms with Gasteiger partial charge in [-0.2, -0.15) is 0 Å². The Kier molecular flexibility index (Phi) is 4.67. The quantitative estimate of drug-likeness (QED) is 0.678. The maximum Gasteiger partial charge on any atom is 0.335 e. The number of barbiturate groups is 1. The summed E-state index contributed by atoms with van der Waals surface area (Å²) in [6.45, 7) is 4.08. The van der Waals surface area contributed by atoms with Crippen molar-refractivity contribution in [2.24, 2.45) is 0 Å². The van der Waals surface area contributed by atoms with Crippen LogP contribution in [-0.2, 0) is 9.59 Å². The Morgan fingerprint density at radius 1 is 0.962 bits per heavy atom. The van der Waals surface area contributed by atoms with Crippen LogP contribution in [0.4, 0.5) is 14.9 Å². The number of anilines is 1. The van der Waals surface area contributed by atoms with Gasteiger partial charge in [0.2, 0.25) is 0 Å². The van der Waals surface area contributed by atoms with Crippen molar-refractivity contribution >= 4 is 29.6 Å². The van der Waals surface area contributed by atoms with Crippen molar-refractivity contribution in [3.05, 3.63) is 71.0 Å². The van der Waals surface area contributed by atoms with Gasteiger partial charge in [0, 0.05) is 0 Å². The molecule has 0 unspecified atom stereocenters. The number of nitrogens with zero attached hydrogens (tertiary/aromatic N) is 1. The van der Waals surface area contributed by atoms with Gasteiger partial charge < -0.3 is 0 Å². The lowest BCUT2D eigenvalue weighted by Crippen LogP contribution is -2.54. The molecule has 4 amide bonds. The Bertz CT molecular complexity index is 900. The van der Waals surface area contributed by atoms with Gasteiger partial charge in [0.25, 0.3) is 11.8 Å². The standard InChI is InChI=1S/C20H17FN2O3/c1-12(2)14-5-9-16(10-6-14)23-19(25)17(18(24)22-20(23)26)11-13-3-7-15(21)8-4-13/h3-12H,1-2H3,(H,22,24,26)/b17-11+. The molecule has 6 heteroatoms. The number of urea groups is 1. The van der Waals surface area contributed by atoms with E-state index in [0.717, 1.165) is 10.5 Å². The number of hydrogen-bond acceptors (Lipinski definition) is 3. The van der Waals surface area contributed by atoms with Gasteiger partial charge in [-0.3, -0.25) is 14.9 Å². The van der Waals surface area contributed by atoms with E-state index in [2.05, 4.69) is 5.32 Å². The predicted octanol–water partition coefficient (Wildman–Crippen LogP) is 3.62. The topological polar surface area (TPSA) is 66.5 Å². The van der Waals surface area contributed by atoms with Crippen molar-refractivity contribution in [2.45, 2.75) is 19.8 Å². The van der Waals surface area contributed by atoms with E-state index in [4.69, 9.17) is 0 Å². The van der Waals surface area contributed by atoms with Crippen LogP contribution in [0.25, 0.3) is 6.08 Å². The number of carbonyl (C=O) groups is 3. The molecule has 0 saturated carbocycles. The van der Waals surface area contributed by atoms with Crippen LogP contribution in [0.3, 0.4) is 0 Å². The SMILES string of the molecule is CC(C)c1ccc(N2C(=O)NC(=O)/C(=C\c3ccc(F)cc3)C2=O)cc1. The zero-order valence-electron chi connectivity index (χ0n) is 14.3. The Hall–Kier alpha value is -3.28. The Labute approximate surface area is 150 Å². The molecule has 0 aliphatic carbocycles. The van der Waals surface area contributed by atoms with Crippen LogP contribution in [0, 0.1) is 5.82 Å². The third kappa shape index (κ3) is 3.39. The van der Waals surface area contributed by atoms with Crippen molar-refractivity contribution in [3.63, 3.8) is 0 Å². The number of hydrogen-bond donors (Lipinski definition) is 1. The molecule has 1 saturated heterocycles. The van der Waals surface area contributed by atoms with Crippen LogP contribution in [-0.4, -0.2) is 17.8 Å². The summed E-state index contributed by atoms with van der Waals surface area (Å²) in [5.74, 6) is -1.61. The molecule has 1 N–H and O–H groups in total. The first-order valence-corrected chi connectivity index (χ1v) is 8.14. The van der Waals surface area contributed by atoms with Crippen LogP contribution in [0.15, 0.2) is 54.1 Å². The first-order chi connectivity index (χ1) is 12.4. The smallest absolute Gasteiger partial charge is 0.273 e. The number of nitrogens with one attached hydrogen (secondary N) is 1. The molecule has 2 aromatic rings. The Balaban J connectivity index is 1.96. The molecule has 1 aliphatic heterocycles. The highest BCUT2D eigenvalue weighted by Gasteiger charge is 2.36. The van der Waals surface area contributed by atoms with Crippen molar-refractivity contribution < 1.29 is 18.8 Å². The fraction of sp³-hybridized carbons (Fsp3) is 0.150. The number of carbonyl (C=O) groups excluding carboxylic acids is 3. The molecule has 0 spiro atoms. The summed E-state index contributed by atoms with van der Waals surface area (Å²) >= 11 is 0. The number of amides is 4. The second-order valence-corrected chi connectivity index (χ2v) is 6.26. The molecule has 132 valence electrons. The Morgan fingerprint density at radius 3 is 2.15 bits per heavy atom. The summed E-state index contributed by atoms with van der Waals surface area (Å²) in [5, 5.41) is 2.16. The highest BCUT2D eigenvalue weighted by molar-refractivity contribution is 6.39. The van der Waals surface area contributed by atoms with Crippen LogP contribution >= 0.6 is 0 Å². The van der Waals surface area contributed by atoms with Crippen molar-refractivity contribution in [3.8, 4) is 0 Å². The summed E-state index contributed by atoms with van der Waals surface area (Å²) in [4.78, 5) is 37.9. The average molecular weight is 352 g/mol. The summed E-state index contributed by atoms with van der Waals surface area (Å²) in [5.41, 5.74) is 1.73. The van der Waals surface area contributed by atoms with E-state index in [1.54, 1.807) is 12.1 Å². The van der Waals surface area contributed by atoms with Crippen molar-refractivity contribution in [1.82, 2.24) is 5.32 Å². The lowest BCUT2D eigenvalue weighted by Gasteiger charge is -2.26. The molecule has 5 nitrogen and oxygen atoms in total. The summed E-state index contributed by atoms with van der Waals surface area (Å²) in [6.07, 6.45) is 1.33. The number of imide groups is 2. The minimum absolute atomic E-state index is 0.191. The zero-order chi connectivity index (χ0) is 18.8. The van der Waals surface area contributed by atoms with Gasteiger partial charge in [-0.05, 0) is 47.4 Å². The monoisotopic (exact) mass is 352 g/mol. The van der Waals surface area contributed by atoms with Gasteiger partial charge in [-0.1, -0.05) is 38.1 Å². The van der Waals surface area contributed by atoms with Crippen LogP contribution in [0.2, 0.25) is 0 Å². The van der Waals surface area contributed by atoms with Gasteiger partial charge in [0.1, 0.15) is 11.4 Å². The van der Waals surface area contributed by atoms with E-state index < -0.39 is 23.7 Å². The fourth-order valence-electron chi connectivity index (χ4n) is 2.63. The molecule has 0 radical (unpaired) electrons. The lowest BCUT2D eigenvalue weighted by molar-refractivity contribution is -0.122. The molecule has 2 aromatic carbocycles. The van der Waals surface area contributed by atoms with E-state index in [1.165, 1.54) is 30.3 Å². The molecule has 0 aromatic heterocycles. The van der Waals surface area contributed by atoms with Crippen LogP contribution < -0.4 is 10.2 Å². The third-order valence-electron chi connectivity index (χ3n) is 4.10. The van der Waals surface area contributed by atoms with Gasteiger partial charge in [-0.15, -0.1) is 0 Å². The first-order valence-electron chi connectivity index (χ1n) is 8.14. The summed E-state index contributed by atoms with van der Waals surface area (Å²) in [7, 11) is 0. The van der Waals surface area contributed by atoms with E-state index in [9.17, 15) is 18.8 Å². The highest BCUT2D eigenvalue weighted by Crippen LogP contribution is 2.24. The minimum atomic E-state index is -0.798. The van der Waals surface area contributed by atoms with Crippen molar-refractivity contribution in [1.29, 1.82) is 0 Å². The maximum atomic E-state index is 13.0. The molecular formula is C20H17FN2O3. The summed E-state index contributed by atoms with van der Waals surface area (Å²) < 4.78 is 13.0.